The molecule has 1 aromatic rings. The van der Waals surface area contributed by atoms with E-state index in [0.29, 0.717) is 10.0 Å². The molecule has 0 saturated heterocycles. The Balaban J connectivity index is 3.23. The van der Waals surface area contributed by atoms with Gasteiger partial charge in [-0.25, -0.2) is 4.39 Å². The Labute approximate surface area is 78.9 Å². The molecule has 0 bridgehead atoms. The predicted octanol–water partition coefficient (Wildman–Crippen LogP) is 2.22. The molecule has 0 saturated carbocycles. The van der Waals surface area contributed by atoms with Gasteiger partial charge in [0, 0.05) is 10.0 Å². The smallest absolute Gasteiger partial charge is 0.130 e. The van der Waals surface area contributed by atoms with E-state index in [4.69, 9.17) is 12.2 Å². The van der Waals surface area contributed by atoms with Gasteiger partial charge in [0.15, 0.2) is 0 Å². The summed E-state index contributed by atoms with van der Waals surface area (Å²) < 4.78 is 13.7. The van der Waals surface area contributed by atoms with Crippen molar-refractivity contribution in [3.8, 4) is 12.3 Å². The maximum Gasteiger partial charge on any atom is 0.130 e. The fourth-order valence-electron chi connectivity index (χ4n) is 0.891. The van der Waals surface area contributed by atoms with Crippen LogP contribution in [0.5, 0.6) is 0 Å². The molecular weight excluding hydrogens is 221 g/mol. The number of nitrogens with two attached hydrogens (primary N) is 1. The van der Waals surface area contributed by atoms with Crippen LogP contribution < -0.4 is 5.73 Å². The lowest BCUT2D eigenvalue weighted by atomic mass is 10.1. The van der Waals surface area contributed by atoms with Gasteiger partial charge in [0.2, 0.25) is 0 Å². The van der Waals surface area contributed by atoms with E-state index in [9.17, 15) is 4.39 Å². The predicted molar refractivity (Wildman–Crippen MR) is 49.9 cm³/mol. The quantitative estimate of drug-likeness (QED) is 0.732. The molecule has 1 nitrogen and oxygen atoms in total. The van der Waals surface area contributed by atoms with E-state index < -0.39 is 6.04 Å². The molecule has 12 heavy (non-hydrogen) atoms. The van der Waals surface area contributed by atoms with Gasteiger partial charge < -0.3 is 5.73 Å². The van der Waals surface area contributed by atoms with Gasteiger partial charge in [-0.05, 0) is 12.1 Å². The fourth-order valence-corrected chi connectivity index (χ4v) is 1.48. The van der Waals surface area contributed by atoms with Crippen LogP contribution in [0.3, 0.4) is 0 Å². The van der Waals surface area contributed by atoms with Gasteiger partial charge >= 0.3 is 0 Å². The number of rotatable bonds is 1. The van der Waals surface area contributed by atoms with Crippen molar-refractivity contribution >= 4 is 15.9 Å². The normalized spacial score (nSPS) is 12.2. The van der Waals surface area contributed by atoms with Crippen LogP contribution in [0.15, 0.2) is 22.7 Å². The maximum absolute atomic E-state index is 13.1. The summed E-state index contributed by atoms with van der Waals surface area (Å²) in [4.78, 5) is 0. The molecule has 2 N–H and O–H groups in total. The van der Waals surface area contributed by atoms with Crippen molar-refractivity contribution < 1.29 is 4.39 Å². The maximum atomic E-state index is 13.1. The summed E-state index contributed by atoms with van der Waals surface area (Å²) >= 11 is 3.17. The summed E-state index contributed by atoms with van der Waals surface area (Å²) in [6.45, 7) is 0. The minimum Gasteiger partial charge on any atom is -0.314 e. The number of halogens is 2. The number of hydrogen-bond acceptors (Lipinski definition) is 1. The van der Waals surface area contributed by atoms with Crippen molar-refractivity contribution in [3.05, 3.63) is 34.1 Å². The van der Waals surface area contributed by atoms with Crippen LogP contribution in [-0.4, -0.2) is 0 Å². The Hall–Kier alpha value is -0.850. The second kappa shape index (κ2) is 3.70. The molecule has 62 valence electrons. The lowest BCUT2D eigenvalue weighted by molar-refractivity contribution is 0.602. The molecule has 0 fully saturated rings. The van der Waals surface area contributed by atoms with Crippen molar-refractivity contribution in [2.75, 3.05) is 0 Å². The van der Waals surface area contributed by atoms with E-state index in [2.05, 4.69) is 21.9 Å². The highest BCUT2D eigenvalue weighted by Gasteiger charge is 2.11. The minimum absolute atomic E-state index is 0.333. The van der Waals surface area contributed by atoms with Crippen LogP contribution in [0.2, 0.25) is 0 Å². The number of benzene rings is 1. The van der Waals surface area contributed by atoms with Gasteiger partial charge in [0.05, 0.1) is 6.04 Å². The molecule has 1 aromatic carbocycles. The Morgan fingerprint density at radius 1 is 1.58 bits per heavy atom. The van der Waals surface area contributed by atoms with E-state index in [-0.39, 0.29) is 5.82 Å². The molecule has 3 heteroatoms. The van der Waals surface area contributed by atoms with Crippen molar-refractivity contribution in [3.63, 3.8) is 0 Å². The second-order valence-electron chi connectivity index (χ2n) is 2.28. The lowest BCUT2D eigenvalue weighted by Crippen LogP contribution is -2.10. The van der Waals surface area contributed by atoms with Gasteiger partial charge in [-0.3, -0.25) is 0 Å². The molecule has 1 rings (SSSR count). The molecular formula is C9H7BrFN. The molecule has 0 amide bonds. The number of hydrogen-bond donors (Lipinski definition) is 1. The Morgan fingerprint density at radius 3 is 2.75 bits per heavy atom. The van der Waals surface area contributed by atoms with Crippen molar-refractivity contribution in [2.45, 2.75) is 6.04 Å². The van der Waals surface area contributed by atoms with Crippen LogP contribution in [0.4, 0.5) is 4.39 Å². The third kappa shape index (κ3) is 1.66. The molecule has 0 aromatic heterocycles. The van der Waals surface area contributed by atoms with Crippen molar-refractivity contribution in [1.29, 1.82) is 0 Å². The van der Waals surface area contributed by atoms with Crippen LogP contribution in [0.1, 0.15) is 11.6 Å². The summed E-state index contributed by atoms with van der Waals surface area (Å²) in [6.07, 6.45) is 5.08. The highest BCUT2D eigenvalue weighted by Crippen LogP contribution is 2.24. The third-order valence-corrected chi connectivity index (χ3v) is 2.18. The van der Waals surface area contributed by atoms with Crippen LogP contribution in [-0.2, 0) is 0 Å². The summed E-state index contributed by atoms with van der Waals surface area (Å²) in [7, 11) is 0. The molecule has 1 unspecified atom stereocenters. The Bertz CT molecular complexity index is 310. The highest BCUT2D eigenvalue weighted by atomic mass is 79.9. The average molecular weight is 228 g/mol. The highest BCUT2D eigenvalue weighted by molar-refractivity contribution is 9.10. The Kier molecular flexibility index (Phi) is 2.85. The van der Waals surface area contributed by atoms with E-state index in [1.807, 2.05) is 0 Å². The van der Waals surface area contributed by atoms with Gasteiger partial charge in [-0.1, -0.05) is 27.9 Å². The zero-order valence-corrected chi connectivity index (χ0v) is 7.81. The fraction of sp³-hybridized carbons (Fsp3) is 0.111. The second-order valence-corrected chi connectivity index (χ2v) is 3.13. The van der Waals surface area contributed by atoms with Gasteiger partial charge in [-0.2, -0.15) is 0 Å². The monoisotopic (exact) mass is 227 g/mol. The van der Waals surface area contributed by atoms with Crippen LogP contribution in [0, 0.1) is 18.2 Å². The molecule has 0 spiro atoms. The summed E-state index contributed by atoms with van der Waals surface area (Å²) in [5, 5.41) is 0. The van der Waals surface area contributed by atoms with E-state index in [1.165, 1.54) is 6.07 Å². The van der Waals surface area contributed by atoms with Crippen LogP contribution in [0.25, 0.3) is 0 Å². The van der Waals surface area contributed by atoms with Crippen LogP contribution >= 0.6 is 15.9 Å². The van der Waals surface area contributed by atoms with E-state index in [1.54, 1.807) is 12.1 Å². The first-order chi connectivity index (χ1) is 5.66. The standard InChI is InChI=1S/C9H7BrFN/c1-2-8(12)9-6(10)4-3-5-7(9)11/h1,3-5,8H,12H2. The summed E-state index contributed by atoms with van der Waals surface area (Å²) in [5.74, 6) is 1.89. The zero-order chi connectivity index (χ0) is 9.14. The SMILES string of the molecule is C#CC(N)c1c(F)cccc1Br. The first kappa shape index (κ1) is 9.24. The van der Waals surface area contributed by atoms with E-state index >= 15 is 0 Å². The molecule has 0 aliphatic carbocycles. The lowest BCUT2D eigenvalue weighted by Gasteiger charge is -2.07. The summed E-state index contributed by atoms with van der Waals surface area (Å²) in [5.41, 5.74) is 5.82. The molecule has 0 radical (unpaired) electrons. The molecule has 0 heterocycles. The molecule has 0 aliphatic rings. The van der Waals surface area contributed by atoms with Crippen molar-refractivity contribution in [2.24, 2.45) is 5.73 Å². The first-order valence-corrected chi connectivity index (χ1v) is 4.11. The minimum atomic E-state index is -0.694. The Morgan fingerprint density at radius 2 is 2.25 bits per heavy atom. The molecule has 1 atom stereocenters. The first-order valence-electron chi connectivity index (χ1n) is 3.32. The van der Waals surface area contributed by atoms with Gasteiger partial charge in [0.25, 0.3) is 0 Å². The van der Waals surface area contributed by atoms with Crippen molar-refractivity contribution in [1.82, 2.24) is 0 Å². The summed E-state index contributed by atoms with van der Waals surface area (Å²) in [6, 6.07) is 3.93. The molecule has 0 aliphatic heterocycles. The third-order valence-electron chi connectivity index (χ3n) is 1.49. The number of terminal acetylenes is 1. The largest absolute Gasteiger partial charge is 0.314 e. The van der Waals surface area contributed by atoms with Gasteiger partial charge in [-0.15, -0.1) is 6.42 Å². The zero-order valence-electron chi connectivity index (χ0n) is 6.22. The van der Waals surface area contributed by atoms with E-state index in [0.717, 1.165) is 0 Å². The van der Waals surface area contributed by atoms with Gasteiger partial charge in [0.1, 0.15) is 5.82 Å². The average Bonchev–Trinajstić information content (AvgIpc) is 2.03. The topological polar surface area (TPSA) is 26.0 Å².